The molecule has 160 valence electrons. The molecule has 0 aliphatic carbocycles. The molecule has 2 amide bonds. The summed E-state index contributed by atoms with van der Waals surface area (Å²) in [6.07, 6.45) is 2.34. The molecule has 1 atom stereocenters. The molecule has 30 heavy (non-hydrogen) atoms. The molecular weight excluding hydrogens is 380 g/mol. The summed E-state index contributed by atoms with van der Waals surface area (Å²) in [6, 6.07) is 13.4. The third kappa shape index (κ3) is 5.32. The third-order valence-electron chi connectivity index (χ3n) is 5.51. The van der Waals surface area contributed by atoms with Gasteiger partial charge in [-0.3, -0.25) is 9.59 Å². The number of hydrogen-bond acceptors (Lipinski definition) is 4. The number of carbonyl (C=O) groups is 2. The summed E-state index contributed by atoms with van der Waals surface area (Å²) in [6.45, 7) is 3.68. The molecule has 0 saturated carbocycles. The predicted molar refractivity (Wildman–Crippen MR) is 116 cm³/mol. The molecule has 1 saturated heterocycles. The number of methoxy groups -OCH3 is 2. The first kappa shape index (κ1) is 21.7. The Kier molecular flexibility index (Phi) is 7.33. The monoisotopic (exact) mass is 410 g/mol. The Morgan fingerprint density at radius 2 is 1.90 bits per heavy atom. The average Bonchev–Trinajstić information content (AvgIpc) is 2.78. The lowest BCUT2D eigenvalue weighted by Crippen LogP contribution is -2.45. The molecule has 0 radical (unpaired) electrons. The molecule has 3 rings (SSSR count). The number of rotatable bonds is 7. The zero-order valence-corrected chi connectivity index (χ0v) is 17.9. The van der Waals surface area contributed by atoms with Gasteiger partial charge < -0.3 is 19.7 Å². The largest absolute Gasteiger partial charge is 0.493 e. The molecule has 0 spiro atoms. The first-order chi connectivity index (χ1) is 14.5. The molecule has 0 bridgehead atoms. The number of hydrogen-bond donors (Lipinski definition) is 1. The highest BCUT2D eigenvalue weighted by molar-refractivity contribution is 5.95. The molecular formula is C24H30N2O4. The van der Waals surface area contributed by atoms with Gasteiger partial charge in [0.05, 0.1) is 20.1 Å². The summed E-state index contributed by atoms with van der Waals surface area (Å²) in [4.78, 5) is 27.3. The van der Waals surface area contributed by atoms with E-state index in [-0.39, 0.29) is 17.7 Å². The van der Waals surface area contributed by atoms with Crippen molar-refractivity contribution in [3.05, 3.63) is 59.2 Å². The van der Waals surface area contributed by atoms with Gasteiger partial charge >= 0.3 is 0 Å². The minimum Gasteiger partial charge on any atom is -0.493 e. The average molecular weight is 411 g/mol. The second-order valence-electron chi connectivity index (χ2n) is 7.69. The Morgan fingerprint density at radius 3 is 2.63 bits per heavy atom. The number of piperidine rings is 1. The fraction of sp³-hybridized carbons (Fsp3) is 0.417. The Hall–Kier alpha value is -3.02. The lowest BCUT2D eigenvalue weighted by atomic mass is 9.96. The van der Waals surface area contributed by atoms with Crippen molar-refractivity contribution in [2.45, 2.75) is 26.2 Å². The van der Waals surface area contributed by atoms with Gasteiger partial charge in [0.25, 0.3) is 5.91 Å². The van der Waals surface area contributed by atoms with Gasteiger partial charge in [-0.1, -0.05) is 23.8 Å². The van der Waals surface area contributed by atoms with Gasteiger partial charge in [0, 0.05) is 25.2 Å². The lowest BCUT2D eigenvalue weighted by Gasteiger charge is -2.32. The van der Waals surface area contributed by atoms with Crippen LogP contribution in [0.5, 0.6) is 11.5 Å². The predicted octanol–water partition coefficient (Wildman–Crippen LogP) is 3.22. The number of nitrogens with zero attached hydrogens (tertiary/aromatic N) is 1. The van der Waals surface area contributed by atoms with Crippen molar-refractivity contribution in [1.29, 1.82) is 0 Å². The summed E-state index contributed by atoms with van der Waals surface area (Å²) < 4.78 is 10.6. The van der Waals surface area contributed by atoms with Crippen LogP contribution in [0.15, 0.2) is 42.5 Å². The Bertz CT molecular complexity index is 897. The minimum absolute atomic E-state index is 0.00141. The van der Waals surface area contributed by atoms with Crippen molar-refractivity contribution in [3.8, 4) is 11.5 Å². The van der Waals surface area contributed by atoms with Crippen LogP contribution in [0, 0.1) is 12.8 Å². The van der Waals surface area contributed by atoms with Gasteiger partial charge in [0.2, 0.25) is 5.91 Å². The molecule has 6 nitrogen and oxygen atoms in total. The second kappa shape index (κ2) is 10.1. The summed E-state index contributed by atoms with van der Waals surface area (Å²) in [5.74, 6) is 1.21. The van der Waals surface area contributed by atoms with Crippen LogP contribution in [0.2, 0.25) is 0 Å². The van der Waals surface area contributed by atoms with Crippen LogP contribution in [-0.2, 0) is 11.2 Å². The molecule has 1 N–H and O–H groups in total. The molecule has 2 aromatic carbocycles. The van der Waals surface area contributed by atoms with E-state index >= 15 is 0 Å². The maximum absolute atomic E-state index is 12.8. The summed E-state index contributed by atoms with van der Waals surface area (Å²) in [7, 11) is 3.21. The second-order valence-corrected chi connectivity index (χ2v) is 7.69. The van der Waals surface area contributed by atoms with Crippen molar-refractivity contribution in [2.75, 3.05) is 33.9 Å². The SMILES string of the molecule is COc1ccc(CCNC(=O)C2CCCN(C(=O)c3cccc(C)c3)C2)cc1OC. The van der Waals surface area contributed by atoms with Crippen LogP contribution in [0.1, 0.15) is 34.3 Å². The van der Waals surface area contributed by atoms with E-state index < -0.39 is 0 Å². The van der Waals surface area contributed by atoms with Crippen molar-refractivity contribution < 1.29 is 19.1 Å². The van der Waals surface area contributed by atoms with E-state index in [2.05, 4.69) is 5.32 Å². The van der Waals surface area contributed by atoms with Crippen molar-refractivity contribution in [2.24, 2.45) is 5.92 Å². The number of benzene rings is 2. The van der Waals surface area contributed by atoms with Gasteiger partial charge in [0.15, 0.2) is 11.5 Å². The zero-order valence-electron chi connectivity index (χ0n) is 17.9. The van der Waals surface area contributed by atoms with E-state index in [1.165, 1.54) is 0 Å². The molecule has 2 aromatic rings. The normalized spacial score (nSPS) is 16.1. The molecule has 1 unspecified atom stereocenters. The molecule has 1 heterocycles. The molecule has 1 aliphatic rings. The van der Waals surface area contributed by atoms with Gasteiger partial charge in [-0.25, -0.2) is 0 Å². The number of amides is 2. The van der Waals surface area contributed by atoms with Crippen LogP contribution in [0.25, 0.3) is 0 Å². The summed E-state index contributed by atoms with van der Waals surface area (Å²) in [5.41, 5.74) is 2.81. The first-order valence-electron chi connectivity index (χ1n) is 10.4. The van der Waals surface area contributed by atoms with E-state index in [0.29, 0.717) is 43.1 Å². The summed E-state index contributed by atoms with van der Waals surface area (Å²) in [5, 5.41) is 3.03. The van der Waals surface area contributed by atoms with E-state index in [0.717, 1.165) is 24.0 Å². The molecule has 0 aromatic heterocycles. The smallest absolute Gasteiger partial charge is 0.253 e. The Morgan fingerprint density at radius 1 is 1.10 bits per heavy atom. The van der Waals surface area contributed by atoms with Gasteiger partial charge in [-0.2, -0.15) is 0 Å². The van der Waals surface area contributed by atoms with Crippen LogP contribution in [0.3, 0.4) is 0 Å². The number of carbonyl (C=O) groups excluding carboxylic acids is 2. The molecule has 1 aliphatic heterocycles. The van der Waals surface area contributed by atoms with E-state index in [1.54, 1.807) is 19.1 Å². The van der Waals surface area contributed by atoms with E-state index in [9.17, 15) is 9.59 Å². The van der Waals surface area contributed by atoms with E-state index in [4.69, 9.17) is 9.47 Å². The van der Waals surface area contributed by atoms with Crippen LogP contribution in [-0.4, -0.2) is 50.6 Å². The van der Waals surface area contributed by atoms with Crippen LogP contribution in [0.4, 0.5) is 0 Å². The van der Waals surface area contributed by atoms with Gasteiger partial charge in [-0.15, -0.1) is 0 Å². The fourth-order valence-electron chi connectivity index (χ4n) is 3.85. The molecule has 1 fully saturated rings. The van der Waals surface area contributed by atoms with Crippen LogP contribution < -0.4 is 14.8 Å². The van der Waals surface area contributed by atoms with Crippen molar-refractivity contribution in [1.82, 2.24) is 10.2 Å². The van der Waals surface area contributed by atoms with Crippen molar-refractivity contribution >= 4 is 11.8 Å². The Balaban J connectivity index is 1.52. The number of likely N-dealkylation sites (tertiary alicyclic amines) is 1. The fourth-order valence-corrected chi connectivity index (χ4v) is 3.85. The maximum Gasteiger partial charge on any atom is 0.253 e. The topological polar surface area (TPSA) is 67.9 Å². The summed E-state index contributed by atoms with van der Waals surface area (Å²) >= 11 is 0. The van der Waals surface area contributed by atoms with Crippen molar-refractivity contribution in [3.63, 3.8) is 0 Å². The maximum atomic E-state index is 12.8. The highest BCUT2D eigenvalue weighted by atomic mass is 16.5. The minimum atomic E-state index is -0.169. The number of nitrogens with one attached hydrogen (secondary N) is 1. The Labute approximate surface area is 178 Å². The highest BCUT2D eigenvalue weighted by Crippen LogP contribution is 2.27. The lowest BCUT2D eigenvalue weighted by molar-refractivity contribution is -0.126. The zero-order chi connectivity index (χ0) is 21.5. The standard InChI is InChI=1S/C24H30N2O4/c1-17-6-4-7-19(14-17)24(28)26-13-5-8-20(16-26)23(27)25-12-11-18-9-10-21(29-2)22(15-18)30-3/h4,6-7,9-10,14-15,20H,5,8,11-13,16H2,1-3H3,(H,25,27). The third-order valence-corrected chi connectivity index (χ3v) is 5.51. The number of aryl methyl sites for hydroxylation is 1. The number of ether oxygens (including phenoxy) is 2. The van der Waals surface area contributed by atoms with Gasteiger partial charge in [-0.05, 0) is 56.0 Å². The van der Waals surface area contributed by atoms with E-state index in [1.807, 2.05) is 49.4 Å². The molecule has 6 heteroatoms. The van der Waals surface area contributed by atoms with Gasteiger partial charge in [0.1, 0.15) is 0 Å². The van der Waals surface area contributed by atoms with Crippen LogP contribution >= 0.6 is 0 Å². The highest BCUT2D eigenvalue weighted by Gasteiger charge is 2.28. The first-order valence-corrected chi connectivity index (χ1v) is 10.4. The quantitative estimate of drug-likeness (QED) is 0.761.